The molecule has 0 saturated heterocycles. The molecule has 0 aliphatic carbocycles. The van der Waals surface area contributed by atoms with Crippen LogP contribution < -0.4 is 5.56 Å². The van der Waals surface area contributed by atoms with Crippen molar-refractivity contribution in [3.05, 3.63) is 138 Å². The van der Waals surface area contributed by atoms with Gasteiger partial charge < -0.3 is 0 Å². The molecule has 38 heavy (non-hydrogen) atoms. The van der Waals surface area contributed by atoms with Crippen LogP contribution in [-0.2, 0) is 0 Å². The Morgan fingerprint density at radius 3 is 1.68 bits per heavy atom. The molecule has 3 heterocycles. The molecular weight excluding hydrogens is 482 g/mol. The zero-order valence-electron chi connectivity index (χ0n) is 20.4. The third-order valence-corrected chi connectivity index (χ3v) is 8.80. The number of hydrogen-bond acceptors (Lipinski definition) is 2. The van der Waals surface area contributed by atoms with Crippen LogP contribution in [0.1, 0.15) is 0 Å². The fourth-order valence-electron chi connectivity index (χ4n) is 5.82. The van der Waals surface area contributed by atoms with Gasteiger partial charge in [0.05, 0.1) is 15.7 Å². The van der Waals surface area contributed by atoms with Gasteiger partial charge in [-0.05, 0) is 58.1 Å². The normalized spacial score (nSPS) is 11.8. The lowest BCUT2D eigenvalue weighted by molar-refractivity contribution is 1.21. The lowest BCUT2D eigenvalue weighted by atomic mass is 9.95. The van der Waals surface area contributed by atoms with Gasteiger partial charge in [-0.1, -0.05) is 97.1 Å². The van der Waals surface area contributed by atoms with Gasteiger partial charge >= 0.3 is 0 Å². The number of pyridine rings is 1. The molecule has 8 aromatic rings. The maximum absolute atomic E-state index is 13.8. The molecule has 0 aliphatic heterocycles. The topological polar surface area (TPSA) is 21.5 Å². The molecule has 178 valence electrons. The van der Waals surface area contributed by atoms with E-state index in [9.17, 15) is 4.79 Å². The first-order chi connectivity index (χ1) is 18.8. The van der Waals surface area contributed by atoms with E-state index in [0.717, 1.165) is 37.3 Å². The summed E-state index contributed by atoms with van der Waals surface area (Å²) < 4.78 is 3.09. The number of nitrogens with zero attached hydrogens (tertiary/aromatic N) is 1. The number of para-hydroxylation sites is 1. The highest BCUT2D eigenvalue weighted by atomic mass is 32.1. The van der Waals surface area contributed by atoms with Gasteiger partial charge in [0.15, 0.2) is 0 Å². The summed E-state index contributed by atoms with van der Waals surface area (Å²) >= 11 is 1.79. The number of rotatable bonds is 3. The fraction of sp³-hybridized carbons (Fsp3) is 0. The third-order valence-electron chi connectivity index (χ3n) is 7.54. The van der Waals surface area contributed by atoms with E-state index in [0.29, 0.717) is 0 Å². The summed E-state index contributed by atoms with van der Waals surface area (Å²) in [6, 6.07) is 44.3. The van der Waals surface area contributed by atoms with E-state index in [4.69, 9.17) is 0 Å². The smallest absolute Gasteiger partial charge is 0.263 e. The Hall–Kier alpha value is -4.73. The van der Waals surface area contributed by atoms with Gasteiger partial charge in [0, 0.05) is 26.4 Å². The van der Waals surface area contributed by atoms with E-state index in [1.807, 2.05) is 28.7 Å². The van der Waals surface area contributed by atoms with E-state index < -0.39 is 0 Å². The van der Waals surface area contributed by atoms with E-state index in [1.165, 1.54) is 32.7 Å². The minimum absolute atomic E-state index is 0.0478. The number of hydrogen-bond donors (Lipinski definition) is 0. The number of aromatic nitrogens is 1. The first-order valence-corrected chi connectivity index (χ1v) is 13.6. The molecule has 3 aromatic heterocycles. The highest BCUT2D eigenvalue weighted by Crippen LogP contribution is 2.47. The average molecular weight is 504 g/mol. The first kappa shape index (κ1) is 21.4. The quantitative estimate of drug-likeness (QED) is 0.235. The second kappa shape index (κ2) is 8.14. The van der Waals surface area contributed by atoms with E-state index in [1.54, 1.807) is 11.3 Å². The van der Waals surface area contributed by atoms with Crippen molar-refractivity contribution in [3.8, 4) is 32.7 Å². The van der Waals surface area contributed by atoms with Gasteiger partial charge in [0.25, 0.3) is 5.56 Å². The summed E-state index contributed by atoms with van der Waals surface area (Å²) in [5, 5.41) is 4.07. The monoisotopic (exact) mass is 503 g/mol. The molecule has 0 fully saturated rings. The molecule has 2 nitrogen and oxygen atoms in total. The largest absolute Gasteiger partial charge is 0.274 e. The Morgan fingerprint density at radius 2 is 1.03 bits per heavy atom. The average Bonchev–Trinajstić information content (AvgIpc) is 3.54. The molecule has 0 unspecified atom stereocenters. The van der Waals surface area contributed by atoms with Gasteiger partial charge in [0.2, 0.25) is 0 Å². The number of thiophene rings is 1. The van der Waals surface area contributed by atoms with Crippen LogP contribution in [-0.4, -0.2) is 4.40 Å². The Morgan fingerprint density at radius 1 is 0.500 bits per heavy atom. The number of fused-ring (bicyclic) bond motifs is 5. The standard InChI is InChI=1S/C35H21NOS/c37-35-28-16-8-7-15-27(28)34-32-31(29-17-9-10-18-30(29)36(32)35)33(38-34)26-20-24(22-11-3-1-4-12-22)19-25(21-26)23-13-5-2-6-14-23/h1-21H. The van der Waals surface area contributed by atoms with Crippen LogP contribution in [0.25, 0.3) is 70.0 Å². The minimum atomic E-state index is 0.0478. The van der Waals surface area contributed by atoms with Crippen molar-refractivity contribution in [2.75, 3.05) is 0 Å². The lowest BCUT2D eigenvalue weighted by Gasteiger charge is -2.10. The van der Waals surface area contributed by atoms with Crippen molar-refractivity contribution in [2.45, 2.75) is 0 Å². The zero-order chi connectivity index (χ0) is 25.2. The van der Waals surface area contributed by atoms with Crippen molar-refractivity contribution in [1.29, 1.82) is 0 Å². The highest BCUT2D eigenvalue weighted by Gasteiger charge is 2.23. The maximum Gasteiger partial charge on any atom is 0.263 e. The number of benzene rings is 5. The summed E-state index contributed by atoms with van der Waals surface area (Å²) in [5.74, 6) is 0. The second-order valence-corrected chi connectivity index (χ2v) is 10.7. The Bertz CT molecular complexity index is 2130. The second-order valence-electron chi connectivity index (χ2n) is 9.72. The molecule has 3 heteroatoms. The molecule has 0 aliphatic rings. The fourth-order valence-corrected chi connectivity index (χ4v) is 7.15. The van der Waals surface area contributed by atoms with Gasteiger partial charge in [-0.15, -0.1) is 11.3 Å². The summed E-state index contributed by atoms with van der Waals surface area (Å²) in [7, 11) is 0. The molecule has 0 spiro atoms. The molecular formula is C35H21NOS. The van der Waals surface area contributed by atoms with Gasteiger partial charge in [0.1, 0.15) is 0 Å². The van der Waals surface area contributed by atoms with Crippen LogP contribution in [0.5, 0.6) is 0 Å². The van der Waals surface area contributed by atoms with E-state index in [-0.39, 0.29) is 5.56 Å². The minimum Gasteiger partial charge on any atom is -0.274 e. The third kappa shape index (κ3) is 3.03. The van der Waals surface area contributed by atoms with Crippen LogP contribution in [0.3, 0.4) is 0 Å². The summed E-state index contributed by atoms with van der Waals surface area (Å²) in [6.07, 6.45) is 0. The van der Waals surface area contributed by atoms with Crippen LogP contribution in [0.15, 0.2) is 132 Å². The SMILES string of the molecule is O=c1c2ccccc2c2sc(-c3cc(-c4ccccc4)cc(-c4ccccc4)c3)c3c4ccccc4n1c23. The molecule has 0 amide bonds. The lowest BCUT2D eigenvalue weighted by Crippen LogP contribution is -2.12. The molecule has 0 atom stereocenters. The van der Waals surface area contributed by atoms with E-state index in [2.05, 4.69) is 103 Å². The van der Waals surface area contributed by atoms with Crippen LogP contribution in [0.2, 0.25) is 0 Å². The van der Waals surface area contributed by atoms with Crippen LogP contribution in [0.4, 0.5) is 0 Å². The maximum atomic E-state index is 13.8. The summed E-state index contributed by atoms with van der Waals surface area (Å²) in [4.78, 5) is 15.0. The Kier molecular flexibility index (Phi) is 4.58. The molecule has 0 radical (unpaired) electrons. The van der Waals surface area contributed by atoms with Gasteiger partial charge in [-0.3, -0.25) is 9.20 Å². The molecule has 0 saturated carbocycles. The molecule has 0 bridgehead atoms. The van der Waals surface area contributed by atoms with Crippen molar-refractivity contribution >= 4 is 48.6 Å². The van der Waals surface area contributed by atoms with Gasteiger partial charge in [-0.25, -0.2) is 0 Å². The Balaban J connectivity index is 1.53. The summed E-state index contributed by atoms with van der Waals surface area (Å²) in [6.45, 7) is 0. The van der Waals surface area contributed by atoms with Crippen LogP contribution >= 0.6 is 11.3 Å². The van der Waals surface area contributed by atoms with Crippen molar-refractivity contribution in [1.82, 2.24) is 4.40 Å². The summed E-state index contributed by atoms with van der Waals surface area (Å²) in [5.41, 5.74) is 7.95. The van der Waals surface area contributed by atoms with Crippen molar-refractivity contribution in [2.24, 2.45) is 0 Å². The predicted octanol–water partition coefficient (Wildman–Crippen LogP) is 9.26. The van der Waals surface area contributed by atoms with Gasteiger partial charge in [-0.2, -0.15) is 0 Å². The van der Waals surface area contributed by atoms with Crippen LogP contribution in [0, 0.1) is 0 Å². The zero-order valence-corrected chi connectivity index (χ0v) is 21.2. The van der Waals surface area contributed by atoms with Crippen molar-refractivity contribution in [3.63, 3.8) is 0 Å². The molecule has 8 rings (SSSR count). The predicted molar refractivity (Wildman–Crippen MR) is 162 cm³/mol. The first-order valence-electron chi connectivity index (χ1n) is 12.7. The van der Waals surface area contributed by atoms with E-state index >= 15 is 0 Å². The molecule has 0 N–H and O–H groups in total. The Labute approximate surface area is 223 Å². The molecule has 5 aromatic carbocycles. The van der Waals surface area contributed by atoms with Crippen molar-refractivity contribution < 1.29 is 0 Å². The highest BCUT2D eigenvalue weighted by molar-refractivity contribution is 7.24.